The van der Waals surface area contributed by atoms with Crippen LogP contribution in [0.4, 0.5) is 5.69 Å². The Balaban J connectivity index is 1.94. The third-order valence-corrected chi connectivity index (χ3v) is 4.28. The lowest BCUT2D eigenvalue weighted by atomic mass is 10.1. The summed E-state index contributed by atoms with van der Waals surface area (Å²) in [6.07, 6.45) is 4.32. The second-order valence-electron chi connectivity index (χ2n) is 5.84. The number of piperidine rings is 1. The fraction of sp³-hybridized carbons (Fsp3) is 0.471. The lowest BCUT2D eigenvalue weighted by molar-refractivity contribution is 0.111. The summed E-state index contributed by atoms with van der Waals surface area (Å²) in [5.74, 6) is 0.766. The van der Waals surface area contributed by atoms with Crippen LogP contribution in [0.2, 0.25) is 0 Å². The monoisotopic (exact) mass is 285 g/mol. The van der Waals surface area contributed by atoms with Gasteiger partial charge in [0.1, 0.15) is 6.10 Å². The van der Waals surface area contributed by atoms with Gasteiger partial charge in [-0.15, -0.1) is 0 Å². The molecule has 0 atom stereocenters. The number of benzene rings is 1. The largest absolute Gasteiger partial charge is 0.474 e. The molecule has 0 amide bonds. The van der Waals surface area contributed by atoms with Crippen LogP contribution in [-0.4, -0.2) is 43.2 Å². The Labute approximate surface area is 126 Å². The molecule has 21 heavy (non-hydrogen) atoms. The van der Waals surface area contributed by atoms with E-state index in [2.05, 4.69) is 47.4 Å². The first-order valence-electron chi connectivity index (χ1n) is 7.60. The number of fused-ring (bicyclic) bond motifs is 1. The van der Waals surface area contributed by atoms with Gasteiger partial charge in [0.25, 0.3) is 0 Å². The molecule has 1 aliphatic heterocycles. The van der Waals surface area contributed by atoms with E-state index < -0.39 is 0 Å². The van der Waals surface area contributed by atoms with E-state index in [9.17, 15) is 0 Å². The zero-order chi connectivity index (χ0) is 14.8. The van der Waals surface area contributed by atoms with Crippen LogP contribution in [0.3, 0.4) is 0 Å². The topological polar surface area (TPSA) is 37.4 Å². The number of anilines is 1. The van der Waals surface area contributed by atoms with Gasteiger partial charge in [0.2, 0.25) is 5.88 Å². The molecule has 0 unspecified atom stereocenters. The maximum Gasteiger partial charge on any atom is 0.221 e. The average Bonchev–Trinajstić information content (AvgIpc) is 2.51. The highest BCUT2D eigenvalue weighted by Gasteiger charge is 2.20. The fourth-order valence-corrected chi connectivity index (χ4v) is 3.01. The number of aromatic nitrogens is 1. The van der Waals surface area contributed by atoms with Crippen LogP contribution in [0, 0.1) is 6.92 Å². The molecule has 0 radical (unpaired) electrons. The molecule has 2 aromatic rings. The lowest BCUT2D eigenvalue weighted by Gasteiger charge is -2.29. The SMILES string of the molecule is CNc1cccc2c(OC3CCN(C)CC3)ncc(C)c12. The maximum atomic E-state index is 6.21. The molecule has 0 saturated carbocycles. The highest BCUT2D eigenvalue weighted by Crippen LogP contribution is 2.32. The number of rotatable bonds is 3. The molecule has 1 aromatic carbocycles. The number of hydrogen-bond acceptors (Lipinski definition) is 4. The number of nitrogens with one attached hydrogen (secondary N) is 1. The molecular formula is C17H23N3O. The summed E-state index contributed by atoms with van der Waals surface area (Å²) in [6.45, 7) is 4.28. The summed E-state index contributed by atoms with van der Waals surface area (Å²) in [5.41, 5.74) is 2.30. The molecule has 0 spiro atoms. The smallest absolute Gasteiger partial charge is 0.221 e. The van der Waals surface area contributed by atoms with Crippen molar-refractivity contribution in [3.05, 3.63) is 30.0 Å². The second-order valence-corrected chi connectivity index (χ2v) is 5.84. The van der Waals surface area contributed by atoms with E-state index in [-0.39, 0.29) is 6.10 Å². The predicted molar refractivity (Wildman–Crippen MR) is 87.2 cm³/mol. The summed E-state index contributed by atoms with van der Waals surface area (Å²) >= 11 is 0. The van der Waals surface area contributed by atoms with E-state index in [1.165, 1.54) is 10.9 Å². The first kappa shape index (κ1) is 14.1. The van der Waals surface area contributed by atoms with Gasteiger partial charge < -0.3 is 15.0 Å². The van der Waals surface area contributed by atoms with Gasteiger partial charge in [0.15, 0.2) is 0 Å². The van der Waals surface area contributed by atoms with Gasteiger partial charge in [-0.25, -0.2) is 4.98 Å². The average molecular weight is 285 g/mol. The normalized spacial score (nSPS) is 17.1. The number of ether oxygens (including phenoxy) is 1. The molecule has 112 valence electrons. The van der Waals surface area contributed by atoms with Gasteiger partial charge in [-0.3, -0.25) is 0 Å². The summed E-state index contributed by atoms with van der Waals surface area (Å²) < 4.78 is 6.21. The highest BCUT2D eigenvalue weighted by molar-refractivity contribution is 5.98. The molecule has 1 saturated heterocycles. The minimum atomic E-state index is 0.276. The van der Waals surface area contributed by atoms with Gasteiger partial charge in [0, 0.05) is 42.8 Å². The van der Waals surface area contributed by atoms with Crippen LogP contribution in [0.15, 0.2) is 24.4 Å². The van der Waals surface area contributed by atoms with E-state index in [1.807, 2.05) is 13.2 Å². The molecule has 4 nitrogen and oxygen atoms in total. The number of aryl methyl sites for hydroxylation is 1. The number of hydrogen-bond donors (Lipinski definition) is 1. The van der Waals surface area contributed by atoms with Gasteiger partial charge in [0.05, 0.1) is 0 Å². The van der Waals surface area contributed by atoms with Crippen molar-refractivity contribution in [1.29, 1.82) is 0 Å². The van der Waals surface area contributed by atoms with Crippen molar-refractivity contribution in [2.45, 2.75) is 25.9 Å². The van der Waals surface area contributed by atoms with Crippen LogP contribution in [0.5, 0.6) is 5.88 Å². The van der Waals surface area contributed by atoms with Crippen molar-refractivity contribution in [1.82, 2.24) is 9.88 Å². The van der Waals surface area contributed by atoms with Crippen molar-refractivity contribution < 1.29 is 4.74 Å². The Morgan fingerprint density at radius 1 is 1.29 bits per heavy atom. The first-order valence-corrected chi connectivity index (χ1v) is 7.60. The molecule has 0 bridgehead atoms. The number of likely N-dealkylation sites (tertiary alicyclic amines) is 1. The van der Waals surface area contributed by atoms with Gasteiger partial charge in [-0.05, 0) is 44.5 Å². The molecule has 1 aromatic heterocycles. The van der Waals surface area contributed by atoms with Crippen molar-refractivity contribution in [3.63, 3.8) is 0 Å². The summed E-state index contributed by atoms with van der Waals surface area (Å²) in [6, 6.07) is 6.24. The number of pyridine rings is 1. The van der Waals surface area contributed by atoms with E-state index in [1.54, 1.807) is 0 Å². The summed E-state index contributed by atoms with van der Waals surface area (Å²) in [4.78, 5) is 6.88. The Bertz CT molecular complexity index is 633. The van der Waals surface area contributed by atoms with Crippen molar-refractivity contribution in [2.24, 2.45) is 0 Å². The van der Waals surface area contributed by atoms with E-state index in [0.717, 1.165) is 42.9 Å². The van der Waals surface area contributed by atoms with Crippen molar-refractivity contribution in [2.75, 3.05) is 32.5 Å². The standard InChI is InChI=1S/C17H23N3O/c1-12-11-19-17(21-13-7-9-20(3)10-8-13)14-5-4-6-15(18-2)16(12)14/h4-6,11,13,18H,7-10H2,1-3H3. The minimum Gasteiger partial charge on any atom is -0.474 e. The Hall–Kier alpha value is -1.81. The van der Waals surface area contributed by atoms with Gasteiger partial charge in [-0.2, -0.15) is 0 Å². The summed E-state index contributed by atoms with van der Waals surface area (Å²) in [5, 5.41) is 5.56. The van der Waals surface area contributed by atoms with Crippen molar-refractivity contribution >= 4 is 16.5 Å². The zero-order valence-corrected chi connectivity index (χ0v) is 13.0. The van der Waals surface area contributed by atoms with Crippen LogP contribution < -0.4 is 10.1 Å². The van der Waals surface area contributed by atoms with E-state index in [0.29, 0.717) is 0 Å². The molecule has 1 fully saturated rings. The predicted octanol–water partition coefficient (Wildman–Crippen LogP) is 3.06. The van der Waals surface area contributed by atoms with Crippen LogP contribution in [0.25, 0.3) is 10.8 Å². The highest BCUT2D eigenvalue weighted by atomic mass is 16.5. The maximum absolute atomic E-state index is 6.21. The molecule has 1 aliphatic rings. The Kier molecular flexibility index (Phi) is 3.97. The van der Waals surface area contributed by atoms with Crippen molar-refractivity contribution in [3.8, 4) is 5.88 Å². The van der Waals surface area contributed by atoms with Crippen LogP contribution >= 0.6 is 0 Å². The molecule has 2 heterocycles. The zero-order valence-electron chi connectivity index (χ0n) is 13.0. The molecular weight excluding hydrogens is 262 g/mol. The third kappa shape index (κ3) is 2.81. The summed E-state index contributed by atoms with van der Waals surface area (Å²) in [7, 11) is 4.11. The molecule has 3 rings (SSSR count). The molecule has 0 aliphatic carbocycles. The van der Waals surface area contributed by atoms with Gasteiger partial charge >= 0.3 is 0 Å². The molecule has 1 N–H and O–H groups in total. The number of nitrogens with zero attached hydrogens (tertiary/aromatic N) is 2. The second kappa shape index (κ2) is 5.90. The molecule has 4 heteroatoms. The Morgan fingerprint density at radius 2 is 2.05 bits per heavy atom. The Morgan fingerprint density at radius 3 is 2.76 bits per heavy atom. The quantitative estimate of drug-likeness (QED) is 0.940. The first-order chi connectivity index (χ1) is 10.2. The van der Waals surface area contributed by atoms with E-state index >= 15 is 0 Å². The van der Waals surface area contributed by atoms with E-state index in [4.69, 9.17) is 4.74 Å². The fourth-order valence-electron chi connectivity index (χ4n) is 3.01. The van der Waals surface area contributed by atoms with Crippen LogP contribution in [-0.2, 0) is 0 Å². The minimum absolute atomic E-state index is 0.276. The van der Waals surface area contributed by atoms with Crippen LogP contribution in [0.1, 0.15) is 18.4 Å². The van der Waals surface area contributed by atoms with Gasteiger partial charge in [-0.1, -0.05) is 6.07 Å². The lowest BCUT2D eigenvalue weighted by Crippen LogP contribution is -2.35. The third-order valence-electron chi connectivity index (χ3n) is 4.28.